The first kappa shape index (κ1) is 21.8. The fourth-order valence-electron chi connectivity index (χ4n) is 3.71. The van der Waals surface area contributed by atoms with E-state index in [2.05, 4.69) is 18.7 Å². The normalized spacial score (nSPS) is 11.2. The number of fused-ring (bicyclic) bond motifs is 1. The first-order valence-electron chi connectivity index (χ1n) is 10.6. The number of hydrogen-bond donors (Lipinski definition) is 0. The Balaban J connectivity index is 2.07. The van der Waals surface area contributed by atoms with E-state index in [1.54, 1.807) is 30.1 Å². The molecule has 0 unspecified atom stereocenters. The highest BCUT2D eigenvalue weighted by Gasteiger charge is 2.21. The Labute approximate surface area is 177 Å². The summed E-state index contributed by atoms with van der Waals surface area (Å²) in [7, 11) is 1.79. The van der Waals surface area contributed by atoms with E-state index >= 15 is 0 Å². The molecule has 0 N–H and O–H groups in total. The Hall–Kier alpha value is -2.92. The molecule has 3 aromatic rings. The first-order chi connectivity index (χ1) is 14.5. The molecule has 0 fully saturated rings. The van der Waals surface area contributed by atoms with E-state index in [1.807, 2.05) is 37.3 Å². The van der Waals surface area contributed by atoms with Crippen molar-refractivity contribution in [2.45, 2.75) is 27.2 Å². The van der Waals surface area contributed by atoms with Gasteiger partial charge in [-0.2, -0.15) is 0 Å². The number of amides is 1. The van der Waals surface area contributed by atoms with Crippen molar-refractivity contribution in [1.82, 2.24) is 9.80 Å². The summed E-state index contributed by atoms with van der Waals surface area (Å²) < 4.78 is 6.26. The van der Waals surface area contributed by atoms with E-state index in [4.69, 9.17) is 4.42 Å². The summed E-state index contributed by atoms with van der Waals surface area (Å²) in [6.07, 6.45) is 0.560. The molecule has 0 saturated carbocycles. The van der Waals surface area contributed by atoms with Gasteiger partial charge >= 0.3 is 0 Å². The van der Waals surface area contributed by atoms with Crippen LogP contribution < -0.4 is 5.43 Å². The zero-order valence-corrected chi connectivity index (χ0v) is 18.3. The summed E-state index contributed by atoms with van der Waals surface area (Å²) in [5.74, 6) is 0.404. The van der Waals surface area contributed by atoms with Crippen LogP contribution >= 0.6 is 0 Å². The van der Waals surface area contributed by atoms with Gasteiger partial charge in [-0.3, -0.25) is 9.59 Å². The second-order valence-electron chi connectivity index (χ2n) is 7.39. The lowest BCUT2D eigenvalue weighted by atomic mass is 10.0. The topological polar surface area (TPSA) is 53.8 Å². The molecule has 1 amide bonds. The molecule has 3 rings (SSSR count). The molecule has 5 nitrogen and oxygen atoms in total. The summed E-state index contributed by atoms with van der Waals surface area (Å²) in [6, 6.07) is 14.8. The van der Waals surface area contributed by atoms with E-state index < -0.39 is 0 Å². The number of carbonyl (C=O) groups excluding carboxylic acids is 1. The second kappa shape index (κ2) is 9.72. The van der Waals surface area contributed by atoms with Gasteiger partial charge < -0.3 is 14.2 Å². The van der Waals surface area contributed by atoms with Gasteiger partial charge in [-0.05, 0) is 31.6 Å². The summed E-state index contributed by atoms with van der Waals surface area (Å²) in [4.78, 5) is 30.4. The Morgan fingerprint density at radius 1 is 0.933 bits per heavy atom. The van der Waals surface area contributed by atoms with Crippen molar-refractivity contribution in [2.24, 2.45) is 0 Å². The van der Waals surface area contributed by atoms with Gasteiger partial charge in [0.05, 0.1) is 10.9 Å². The van der Waals surface area contributed by atoms with Crippen LogP contribution in [0.15, 0.2) is 57.7 Å². The van der Waals surface area contributed by atoms with Crippen molar-refractivity contribution in [1.29, 1.82) is 0 Å². The lowest BCUT2D eigenvalue weighted by Gasteiger charge is -2.23. The van der Waals surface area contributed by atoms with Crippen LogP contribution in [0.2, 0.25) is 0 Å². The number of carbonyl (C=O) groups is 1. The van der Waals surface area contributed by atoms with Crippen molar-refractivity contribution >= 4 is 16.9 Å². The molecular weight excluding hydrogens is 376 g/mol. The minimum absolute atomic E-state index is 0.0713. The average molecular weight is 407 g/mol. The van der Waals surface area contributed by atoms with Crippen LogP contribution in [0.1, 0.15) is 36.7 Å². The fourth-order valence-corrected chi connectivity index (χ4v) is 3.71. The maximum Gasteiger partial charge on any atom is 0.257 e. The quantitative estimate of drug-likeness (QED) is 0.555. The van der Waals surface area contributed by atoms with Crippen molar-refractivity contribution < 1.29 is 9.21 Å². The van der Waals surface area contributed by atoms with Gasteiger partial charge in [0.1, 0.15) is 5.76 Å². The zero-order valence-electron chi connectivity index (χ0n) is 18.3. The number of rotatable bonds is 8. The van der Waals surface area contributed by atoms with E-state index in [0.29, 0.717) is 40.8 Å². The SMILES string of the molecule is CCc1c(-c2ccccc2)oc2c(C(=O)N(C)CCN(CC)CC)cccc2c1=O. The van der Waals surface area contributed by atoms with Gasteiger partial charge in [-0.15, -0.1) is 0 Å². The molecule has 0 atom stereocenters. The van der Waals surface area contributed by atoms with Gasteiger partial charge in [0.15, 0.2) is 11.0 Å². The fraction of sp³-hybridized carbons (Fsp3) is 0.360. The largest absolute Gasteiger partial charge is 0.455 e. The van der Waals surface area contributed by atoms with Gasteiger partial charge in [-0.25, -0.2) is 0 Å². The molecule has 0 spiro atoms. The van der Waals surface area contributed by atoms with Crippen LogP contribution in [-0.4, -0.2) is 48.9 Å². The van der Waals surface area contributed by atoms with Gasteiger partial charge in [0, 0.05) is 31.3 Å². The Bertz CT molecular complexity index is 1070. The lowest BCUT2D eigenvalue weighted by Crippen LogP contribution is -2.36. The summed E-state index contributed by atoms with van der Waals surface area (Å²) >= 11 is 0. The smallest absolute Gasteiger partial charge is 0.257 e. The minimum Gasteiger partial charge on any atom is -0.455 e. The standard InChI is InChI=1S/C25H30N2O3/c1-5-19-22(28)20-14-11-15-21(25(29)26(4)16-17-27(6-2)7-3)24(20)30-23(19)18-12-9-8-10-13-18/h8-15H,5-7,16-17H2,1-4H3. The van der Waals surface area contributed by atoms with Crippen LogP contribution in [-0.2, 0) is 6.42 Å². The highest BCUT2D eigenvalue weighted by atomic mass is 16.3. The molecular formula is C25H30N2O3. The van der Waals surface area contributed by atoms with E-state index in [-0.39, 0.29) is 11.3 Å². The van der Waals surface area contributed by atoms with Crippen LogP contribution in [0.5, 0.6) is 0 Å². The van der Waals surface area contributed by atoms with Gasteiger partial charge in [0.25, 0.3) is 5.91 Å². The molecule has 2 aromatic carbocycles. The summed E-state index contributed by atoms with van der Waals surface area (Å²) in [5, 5.41) is 0.453. The van der Waals surface area contributed by atoms with E-state index in [9.17, 15) is 9.59 Å². The third-order valence-electron chi connectivity index (χ3n) is 5.62. The molecule has 1 heterocycles. The minimum atomic E-state index is -0.140. The molecule has 0 saturated heterocycles. The van der Waals surface area contributed by atoms with Crippen molar-refractivity contribution in [3.63, 3.8) is 0 Å². The molecule has 0 aliphatic heterocycles. The number of para-hydroxylation sites is 1. The number of likely N-dealkylation sites (N-methyl/N-ethyl adjacent to an activating group) is 2. The summed E-state index contributed by atoms with van der Waals surface area (Å²) in [5.41, 5.74) is 2.18. The maximum absolute atomic E-state index is 13.2. The molecule has 30 heavy (non-hydrogen) atoms. The van der Waals surface area contributed by atoms with E-state index in [1.165, 1.54) is 0 Å². The number of benzene rings is 2. The zero-order chi connectivity index (χ0) is 21.7. The molecule has 0 aliphatic rings. The molecule has 0 radical (unpaired) electrons. The highest BCUT2D eigenvalue weighted by molar-refractivity contribution is 6.05. The number of nitrogens with zero attached hydrogens (tertiary/aromatic N) is 2. The predicted molar refractivity (Wildman–Crippen MR) is 122 cm³/mol. The Morgan fingerprint density at radius 2 is 1.63 bits per heavy atom. The maximum atomic E-state index is 13.2. The summed E-state index contributed by atoms with van der Waals surface area (Å²) in [6.45, 7) is 9.48. The predicted octanol–water partition coefficient (Wildman–Crippen LogP) is 4.44. The lowest BCUT2D eigenvalue weighted by molar-refractivity contribution is 0.0780. The highest BCUT2D eigenvalue weighted by Crippen LogP contribution is 2.28. The Kier molecular flexibility index (Phi) is 7.06. The monoisotopic (exact) mass is 406 g/mol. The molecule has 0 aliphatic carbocycles. The number of hydrogen-bond acceptors (Lipinski definition) is 4. The van der Waals surface area contributed by atoms with Gasteiger partial charge in [0.2, 0.25) is 0 Å². The molecule has 1 aromatic heterocycles. The first-order valence-corrected chi connectivity index (χ1v) is 10.6. The van der Waals surface area contributed by atoms with Crippen LogP contribution in [0.3, 0.4) is 0 Å². The van der Waals surface area contributed by atoms with Crippen molar-refractivity contribution in [3.05, 3.63) is 69.9 Å². The molecule has 5 heteroatoms. The molecule has 158 valence electrons. The van der Waals surface area contributed by atoms with Crippen LogP contribution in [0, 0.1) is 0 Å². The van der Waals surface area contributed by atoms with Crippen LogP contribution in [0.25, 0.3) is 22.3 Å². The second-order valence-corrected chi connectivity index (χ2v) is 7.39. The van der Waals surface area contributed by atoms with Crippen molar-refractivity contribution in [3.8, 4) is 11.3 Å². The van der Waals surface area contributed by atoms with Crippen molar-refractivity contribution in [2.75, 3.05) is 33.2 Å². The average Bonchev–Trinajstić information content (AvgIpc) is 2.79. The third kappa shape index (κ3) is 4.31. The third-order valence-corrected chi connectivity index (χ3v) is 5.62. The Morgan fingerprint density at radius 3 is 2.27 bits per heavy atom. The van der Waals surface area contributed by atoms with Crippen LogP contribution in [0.4, 0.5) is 0 Å². The van der Waals surface area contributed by atoms with E-state index in [0.717, 1.165) is 25.2 Å². The van der Waals surface area contributed by atoms with Gasteiger partial charge in [-0.1, -0.05) is 57.2 Å². The molecule has 0 bridgehead atoms.